The van der Waals surface area contributed by atoms with E-state index in [1.165, 1.54) is 18.7 Å². The van der Waals surface area contributed by atoms with Gasteiger partial charge in [0.2, 0.25) is 5.95 Å². The highest BCUT2D eigenvalue weighted by Gasteiger charge is 2.26. The molecule has 0 N–H and O–H groups in total. The zero-order valence-corrected chi connectivity index (χ0v) is 11.5. The molecular formula is C14H20FN3O. The van der Waals surface area contributed by atoms with E-state index in [2.05, 4.69) is 16.8 Å². The second-order valence-corrected chi connectivity index (χ2v) is 4.95. The SMILES string of the molecule is CCN1CCCC1CN(C)C(=O)c1cccnc1F. The first kappa shape index (κ1) is 13.9. The van der Waals surface area contributed by atoms with Crippen molar-refractivity contribution in [1.29, 1.82) is 0 Å². The van der Waals surface area contributed by atoms with Crippen molar-refractivity contribution in [3.05, 3.63) is 29.8 Å². The molecule has 1 aromatic heterocycles. The van der Waals surface area contributed by atoms with Gasteiger partial charge in [-0.3, -0.25) is 9.69 Å². The van der Waals surface area contributed by atoms with Gasteiger partial charge in [0.05, 0.1) is 5.56 Å². The highest BCUT2D eigenvalue weighted by Crippen LogP contribution is 2.18. The van der Waals surface area contributed by atoms with E-state index >= 15 is 0 Å². The van der Waals surface area contributed by atoms with Crippen molar-refractivity contribution in [2.75, 3.05) is 26.7 Å². The van der Waals surface area contributed by atoms with Crippen LogP contribution in [0.15, 0.2) is 18.3 Å². The van der Waals surface area contributed by atoms with Crippen molar-refractivity contribution in [3.8, 4) is 0 Å². The summed E-state index contributed by atoms with van der Waals surface area (Å²) in [5.41, 5.74) is 0.0473. The third-order valence-electron chi connectivity index (χ3n) is 3.73. The van der Waals surface area contributed by atoms with E-state index in [0.29, 0.717) is 12.6 Å². The average molecular weight is 265 g/mol. The molecule has 5 heteroatoms. The van der Waals surface area contributed by atoms with E-state index in [4.69, 9.17) is 0 Å². The number of aromatic nitrogens is 1. The quantitative estimate of drug-likeness (QED) is 0.779. The van der Waals surface area contributed by atoms with Gasteiger partial charge in [0.1, 0.15) is 0 Å². The van der Waals surface area contributed by atoms with Crippen LogP contribution in [0.2, 0.25) is 0 Å². The number of hydrogen-bond acceptors (Lipinski definition) is 3. The smallest absolute Gasteiger partial charge is 0.258 e. The van der Waals surface area contributed by atoms with Gasteiger partial charge in [0, 0.05) is 25.8 Å². The molecule has 1 aliphatic rings. The molecule has 0 aromatic carbocycles. The van der Waals surface area contributed by atoms with Crippen LogP contribution in [0.3, 0.4) is 0 Å². The van der Waals surface area contributed by atoms with Crippen molar-refractivity contribution in [2.24, 2.45) is 0 Å². The van der Waals surface area contributed by atoms with Gasteiger partial charge < -0.3 is 4.90 Å². The van der Waals surface area contributed by atoms with Crippen LogP contribution in [0.25, 0.3) is 0 Å². The lowest BCUT2D eigenvalue weighted by molar-refractivity contribution is 0.0749. The zero-order chi connectivity index (χ0) is 13.8. The first-order valence-corrected chi connectivity index (χ1v) is 6.73. The molecule has 1 aromatic rings. The topological polar surface area (TPSA) is 36.4 Å². The number of amides is 1. The normalized spacial score (nSPS) is 19.6. The molecule has 1 amide bonds. The van der Waals surface area contributed by atoms with E-state index < -0.39 is 5.95 Å². The summed E-state index contributed by atoms with van der Waals surface area (Å²) in [4.78, 5) is 19.7. The maximum absolute atomic E-state index is 13.5. The first-order valence-electron chi connectivity index (χ1n) is 6.73. The minimum atomic E-state index is -0.696. The summed E-state index contributed by atoms with van der Waals surface area (Å²) in [5, 5.41) is 0. The summed E-state index contributed by atoms with van der Waals surface area (Å²) in [6, 6.07) is 3.45. The fourth-order valence-electron chi connectivity index (χ4n) is 2.67. The number of carbonyl (C=O) groups excluding carboxylic acids is 1. The van der Waals surface area contributed by atoms with Crippen molar-refractivity contribution in [3.63, 3.8) is 0 Å². The lowest BCUT2D eigenvalue weighted by Gasteiger charge is -2.27. The second-order valence-electron chi connectivity index (χ2n) is 4.95. The number of pyridine rings is 1. The minimum Gasteiger partial charge on any atom is -0.340 e. The lowest BCUT2D eigenvalue weighted by Crippen LogP contribution is -2.41. The Balaban J connectivity index is 2.02. The monoisotopic (exact) mass is 265 g/mol. The van der Waals surface area contributed by atoms with Gasteiger partial charge >= 0.3 is 0 Å². The highest BCUT2D eigenvalue weighted by atomic mass is 19.1. The third-order valence-corrected chi connectivity index (χ3v) is 3.73. The molecule has 0 aliphatic carbocycles. The Morgan fingerprint density at radius 3 is 3.11 bits per heavy atom. The Labute approximate surface area is 113 Å². The number of nitrogens with zero attached hydrogens (tertiary/aromatic N) is 3. The number of hydrogen-bond donors (Lipinski definition) is 0. The van der Waals surface area contributed by atoms with Gasteiger partial charge in [-0.25, -0.2) is 4.98 Å². The highest BCUT2D eigenvalue weighted by molar-refractivity contribution is 5.93. The van der Waals surface area contributed by atoms with Crippen LogP contribution < -0.4 is 0 Å². The maximum Gasteiger partial charge on any atom is 0.258 e. The minimum absolute atomic E-state index is 0.0473. The maximum atomic E-state index is 13.5. The van der Waals surface area contributed by atoms with Crippen LogP contribution in [0.5, 0.6) is 0 Å². The zero-order valence-electron chi connectivity index (χ0n) is 11.5. The third kappa shape index (κ3) is 3.10. The number of halogens is 1. The van der Waals surface area contributed by atoms with Crippen molar-refractivity contribution < 1.29 is 9.18 Å². The Morgan fingerprint density at radius 2 is 2.42 bits per heavy atom. The summed E-state index contributed by atoms with van der Waals surface area (Å²) in [6.45, 7) is 4.85. The van der Waals surface area contributed by atoms with E-state index in [9.17, 15) is 9.18 Å². The molecule has 1 fully saturated rings. The largest absolute Gasteiger partial charge is 0.340 e. The lowest BCUT2D eigenvalue weighted by atomic mass is 10.2. The Bertz CT molecular complexity index is 452. The van der Waals surface area contributed by atoms with Crippen LogP contribution in [-0.4, -0.2) is 53.4 Å². The van der Waals surface area contributed by atoms with Crippen LogP contribution in [0.1, 0.15) is 30.1 Å². The van der Waals surface area contributed by atoms with Gasteiger partial charge in [-0.1, -0.05) is 6.92 Å². The van der Waals surface area contributed by atoms with Gasteiger partial charge in [-0.15, -0.1) is 0 Å². The van der Waals surface area contributed by atoms with Crippen LogP contribution in [0.4, 0.5) is 4.39 Å². The van der Waals surface area contributed by atoms with Crippen molar-refractivity contribution in [2.45, 2.75) is 25.8 Å². The molecule has 1 saturated heterocycles. The van der Waals surface area contributed by atoms with E-state index in [0.717, 1.165) is 19.5 Å². The molecule has 0 radical (unpaired) electrons. The molecule has 1 unspecified atom stereocenters. The molecule has 0 saturated carbocycles. The molecule has 1 atom stereocenters. The number of likely N-dealkylation sites (N-methyl/N-ethyl adjacent to an activating group) is 2. The summed E-state index contributed by atoms with van der Waals surface area (Å²) in [6.07, 6.45) is 3.62. The Morgan fingerprint density at radius 1 is 1.63 bits per heavy atom. The molecule has 1 aliphatic heterocycles. The molecule has 19 heavy (non-hydrogen) atoms. The molecule has 2 rings (SSSR count). The van der Waals surface area contributed by atoms with Crippen molar-refractivity contribution in [1.82, 2.24) is 14.8 Å². The molecule has 0 spiro atoms. The van der Waals surface area contributed by atoms with Crippen molar-refractivity contribution >= 4 is 5.91 Å². The predicted molar refractivity (Wildman–Crippen MR) is 71.4 cm³/mol. The van der Waals surface area contributed by atoms with Gasteiger partial charge in [0.15, 0.2) is 0 Å². The number of likely N-dealkylation sites (tertiary alicyclic amines) is 1. The van der Waals surface area contributed by atoms with Crippen LogP contribution >= 0.6 is 0 Å². The standard InChI is InChI=1S/C14H20FN3O/c1-3-18-9-5-6-11(18)10-17(2)14(19)12-7-4-8-16-13(12)15/h4,7-8,11H,3,5-6,9-10H2,1-2H3. The van der Waals surface area contributed by atoms with E-state index in [1.54, 1.807) is 18.0 Å². The van der Waals surface area contributed by atoms with E-state index in [-0.39, 0.29) is 11.5 Å². The van der Waals surface area contributed by atoms with Gasteiger partial charge in [-0.2, -0.15) is 4.39 Å². The Kier molecular flexibility index (Phi) is 4.47. The Hall–Kier alpha value is -1.49. The summed E-state index contributed by atoms with van der Waals surface area (Å²) < 4.78 is 13.5. The number of carbonyl (C=O) groups is 1. The summed E-state index contributed by atoms with van der Waals surface area (Å²) >= 11 is 0. The van der Waals surface area contributed by atoms with Crippen LogP contribution in [-0.2, 0) is 0 Å². The predicted octanol–water partition coefficient (Wildman–Crippen LogP) is 1.78. The summed E-state index contributed by atoms with van der Waals surface area (Å²) in [7, 11) is 1.72. The fourth-order valence-corrected chi connectivity index (χ4v) is 2.67. The van der Waals surface area contributed by atoms with E-state index in [1.807, 2.05) is 0 Å². The van der Waals surface area contributed by atoms with Crippen LogP contribution in [0, 0.1) is 5.95 Å². The molecule has 0 bridgehead atoms. The molecular weight excluding hydrogens is 245 g/mol. The second kappa shape index (κ2) is 6.10. The molecule has 104 valence electrons. The number of rotatable bonds is 4. The summed E-state index contributed by atoms with van der Waals surface area (Å²) in [5.74, 6) is -0.994. The first-order chi connectivity index (χ1) is 9.13. The van der Waals surface area contributed by atoms with Gasteiger partial charge in [0.25, 0.3) is 5.91 Å². The average Bonchev–Trinajstić information content (AvgIpc) is 2.85. The molecule has 4 nitrogen and oxygen atoms in total. The van der Waals surface area contributed by atoms with Gasteiger partial charge in [-0.05, 0) is 38.1 Å². The fraction of sp³-hybridized carbons (Fsp3) is 0.571. The molecule has 2 heterocycles.